The molecule has 0 N–H and O–H groups in total. The highest BCUT2D eigenvalue weighted by Gasteiger charge is 2.67. The Morgan fingerprint density at radius 1 is 1.19 bits per heavy atom. The summed E-state index contributed by atoms with van der Waals surface area (Å²) in [6.07, 6.45) is -0.943. The van der Waals surface area contributed by atoms with Crippen LogP contribution in [0, 0.1) is 29.6 Å². The van der Waals surface area contributed by atoms with Gasteiger partial charge in [-0.05, 0) is 55.1 Å². The lowest BCUT2D eigenvalue weighted by Gasteiger charge is -2.10. The number of hydrogen-bond acceptors (Lipinski definition) is 2. The number of halogens is 4. The number of nitrogens with zero attached hydrogens (tertiary/aromatic N) is 1. The second-order valence-electron chi connectivity index (χ2n) is 6.41. The predicted octanol–water partition coefficient (Wildman–Crippen LogP) is 4.23. The first-order chi connectivity index (χ1) is 9.88. The van der Waals surface area contributed by atoms with E-state index in [9.17, 15) is 18.0 Å². The molecule has 1 aromatic heterocycles. The lowest BCUT2D eigenvalue weighted by molar-refractivity contribution is -0.141. The molecule has 3 fully saturated rings. The standard InChI is InChI=1S/C15H13ClF3NO/c16-14-8(3-4-9(20-14)15(17,18)19)13(21)12-10-6-1-2-7(5-6)11(10)12/h3-4,6-7,10-12H,1-2,5H2. The minimum atomic E-state index is -4.54. The summed E-state index contributed by atoms with van der Waals surface area (Å²) in [5.74, 6) is 1.99. The van der Waals surface area contributed by atoms with E-state index in [4.69, 9.17) is 11.6 Å². The molecule has 3 aliphatic carbocycles. The van der Waals surface area contributed by atoms with Crippen molar-refractivity contribution in [2.75, 3.05) is 0 Å². The molecule has 6 heteroatoms. The number of fused-ring (bicyclic) bond motifs is 5. The quantitative estimate of drug-likeness (QED) is 0.604. The Morgan fingerprint density at radius 2 is 1.81 bits per heavy atom. The summed E-state index contributed by atoms with van der Waals surface area (Å²) in [5, 5.41) is -0.327. The molecule has 1 aromatic rings. The van der Waals surface area contributed by atoms with Gasteiger partial charge in [0.15, 0.2) is 5.78 Å². The molecule has 3 saturated carbocycles. The summed E-state index contributed by atoms with van der Waals surface area (Å²) < 4.78 is 37.7. The Bertz CT molecular complexity index is 614. The summed E-state index contributed by atoms with van der Waals surface area (Å²) in [5.41, 5.74) is -0.913. The van der Waals surface area contributed by atoms with Crippen LogP contribution in [0.15, 0.2) is 12.1 Å². The van der Waals surface area contributed by atoms with E-state index in [1.807, 2.05) is 0 Å². The molecule has 112 valence electrons. The smallest absolute Gasteiger partial charge is 0.294 e. The van der Waals surface area contributed by atoms with Gasteiger partial charge in [-0.25, -0.2) is 4.98 Å². The van der Waals surface area contributed by atoms with Crippen LogP contribution in [0.3, 0.4) is 0 Å². The molecule has 2 bridgehead atoms. The van der Waals surface area contributed by atoms with Crippen molar-refractivity contribution in [3.05, 3.63) is 28.5 Å². The second kappa shape index (κ2) is 4.22. The van der Waals surface area contributed by atoms with E-state index in [1.54, 1.807) is 0 Å². The number of pyridine rings is 1. The van der Waals surface area contributed by atoms with Crippen molar-refractivity contribution in [3.63, 3.8) is 0 Å². The highest BCUT2D eigenvalue weighted by atomic mass is 35.5. The largest absolute Gasteiger partial charge is 0.433 e. The molecule has 3 aliphatic rings. The van der Waals surface area contributed by atoms with Crippen LogP contribution < -0.4 is 0 Å². The minimum absolute atomic E-state index is 0.0349. The van der Waals surface area contributed by atoms with Gasteiger partial charge in [0.1, 0.15) is 10.8 Å². The van der Waals surface area contributed by atoms with Crippen molar-refractivity contribution in [3.8, 4) is 0 Å². The number of ketones is 1. The molecule has 4 unspecified atom stereocenters. The molecule has 2 nitrogen and oxygen atoms in total. The van der Waals surface area contributed by atoms with E-state index in [0.29, 0.717) is 23.7 Å². The van der Waals surface area contributed by atoms with Crippen molar-refractivity contribution in [1.82, 2.24) is 4.98 Å². The summed E-state index contributed by atoms with van der Waals surface area (Å²) in [4.78, 5) is 15.9. The lowest BCUT2D eigenvalue weighted by Crippen LogP contribution is -2.13. The molecular weight excluding hydrogens is 303 g/mol. The average molecular weight is 316 g/mol. The van der Waals surface area contributed by atoms with Crippen molar-refractivity contribution in [1.29, 1.82) is 0 Å². The number of carbonyl (C=O) groups excluding carboxylic acids is 1. The summed E-state index contributed by atoms with van der Waals surface area (Å²) in [7, 11) is 0. The van der Waals surface area contributed by atoms with Gasteiger partial charge in [-0.1, -0.05) is 11.6 Å². The van der Waals surface area contributed by atoms with Gasteiger partial charge in [-0.15, -0.1) is 0 Å². The zero-order valence-electron chi connectivity index (χ0n) is 11.0. The molecule has 0 spiro atoms. The average Bonchev–Trinajstić information content (AvgIpc) is 2.85. The van der Waals surface area contributed by atoms with E-state index >= 15 is 0 Å². The summed E-state index contributed by atoms with van der Waals surface area (Å²) in [6, 6.07) is 2.02. The molecular formula is C15H13ClF3NO. The third kappa shape index (κ3) is 1.93. The number of carbonyl (C=O) groups is 1. The lowest BCUT2D eigenvalue weighted by atomic mass is 9.97. The SMILES string of the molecule is O=C(c1ccc(C(F)(F)F)nc1Cl)C1C2C3CCC(C3)C12. The summed E-state index contributed by atoms with van der Waals surface area (Å²) in [6.45, 7) is 0. The molecule has 21 heavy (non-hydrogen) atoms. The fraction of sp³-hybridized carbons (Fsp3) is 0.600. The topological polar surface area (TPSA) is 30.0 Å². The Labute approximate surface area is 124 Å². The fourth-order valence-electron chi connectivity index (χ4n) is 4.63. The number of rotatable bonds is 2. The first kappa shape index (κ1) is 13.6. The van der Waals surface area contributed by atoms with E-state index in [1.165, 1.54) is 25.3 Å². The molecule has 0 amide bonds. The maximum atomic E-state index is 12.6. The van der Waals surface area contributed by atoms with Crippen LogP contribution in [0.1, 0.15) is 35.3 Å². The van der Waals surface area contributed by atoms with Crippen molar-refractivity contribution in [2.24, 2.45) is 29.6 Å². The Morgan fingerprint density at radius 3 is 2.33 bits per heavy atom. The Hall–Kier alpha value is -1.10. The monoisotopic (exact) mass is 315 g/mol. The van der Waals surface area contributed by atoms with Crippen LogP contribution in [0.2, 0.25) is 5.15 Å². The fourth-order valence-corrected chi connectivity index (χ4v) is 4.88. The van der Waals surface area contributed by atoms with Crippen molar-refractivity contribution in [2.45, 2.75) is 25.4 Å². The van der Waals surface area contributed by atoms with E-state index in [-0.39, 0.29) is 22.4 Å². The van der Waals surface area contributed by atoms with Gasteiger partial charge in [-0.3, -0.25) is 4.79 Å². The van der Waals surface area contributed by atoms with Crippen LogP contribution in [0.5, 0.6) is 0 Å². The molecule has 0 aliphatic heterocycles. The van der Waals surface area contributed by atoms with Gasteiger partial charge >= 0.3 is 6.18 Å². The van der Waals surface area contributed by atoms with Crippen LogP contribution in [0.25, 0.3) is 0 Å². The maximum absolute atomic E-state index is 12.6. The predicted molar refractivity (Wildman–Crippen MR) is 69.9 cm³/mol. The van der Waals surface area contributed by atoms with Gasteiger partial charge < -0.3 is 0 Å². The Balaban J connectivity index is 1.59. The Kier molecular flexibility index (Phi) is 2.72. The zero-order chi connectivity index (χ0) is 14.9. The first-order valence-corrected chi connectivity index (χ1v) is 7.53. The number of aromatic nitrogens is 1. The molecule has 4 rings (SSSR count). The van der Waals surface area contributed by atoms with Crippen LogP contribution >= 0.6 is 11.6 Å². The maximum Gasteiger partial charge on any atom is 0.433 e. The molecule has 0 aromatic carbocycles. The van der Waals surface area contributed by atoms with Crippen LogP contribution in [0.4, 0.5) is 13.2 Å². The van der Waals surface area contributed by atoms with Gasteiger partial charge in [0, 0.05) is 5.92 Å². The number of hydrogen-bond donors (Lipinski definition) is 0. The first-order valence-electron chi connectivity index (χ1n) is 7.16. The second-order valence-corrected chi connectivity index (χ2v) is 6.77. The number of Topliss-reactive ketones (excluding diaryl/α,β-unsaturated/α-hetero) is 1. The van der Waals surface area contributed by atoms with Gasteiger partial charge in [0.25, 0.3) is 0 Å². The molecule has 0 radical (unpaired) electrons. The van der Waals surface area contributed by atoms with E-state index < -0.39 is 11.9 Å². The number of alkyl halides is 3. The van der Waals surface area contributed by atoms with Gasteiger partial charge in [0.05, 0.1) is 5.56 Å². The van der Waals surface area contributed by atoms with Gasteiger partial charge in [-0.2, -0.15) is 13.2 Å². The van der Waals surface area contributed by atoms with E-state index in [2.05, 4.69) is 4.98 Å². The van der Waals surface area contributed by atoms with Crippen LogP contribution in [-0.4, -0.2) is 10.8 Å². The van der Waals surface area contributed by atoms with E-state index in [0.717, 1.165) is 6.07 Å². The highest BCUT2D eigenvalue weighted by Crippen LogP contribution is 2.70. The molecule has 4 atom stereocenters. The zero-order valence-corrected chi connectivity index (χ0v) is 11.8. The van der Waals surface area contributed by atoms with Crippen molar-refractivity contribution >= 4 is 17.4 Å². The van der Waals surface area contributed by atoms with Gasteiger partial charge in [0.2, 0.25) is 0 Å². The molecule has 1 heterocycles. The highest BCUT2D eigenvalue weighted by molar-refractivity contribution is 6.33. The minimum Gasteiger partial charge on any atom is -0.294 e. The summed E-state index contributed by atoms with van der Waals surface area (Å²) >= 11 is 5.82. The van der Waals surface area contributed by atoms with Crippen LogP contribution in [-0.2, 0) is 6.18 Å². The third-order valence-electron chi connectivity index (χ3n) is 5.44. The third-order valence-corrected chi connectivity index (χ3v) is 5.73. The normalized spacial score (nSPS) is 36.7. The molecule has 0 saturated heterocycles. The van der Waals surface area contributed by atoms with Crippen molar-refractivity contribution < 1.29 is 18.0 Å².